The van der Waals surface area contributed by atoms with Crippen LogP contribution in [0.5, 0.6) is 5.75 Å². The van der Waals surface area contributed by atoms with Gasteiger partial charge in [0.2, 0.25) is 8.32 Å². The van der Waals surface area contributed by atoms with Gasteiger partial charge in [-0.25, -0.2) is 0 Å². The molecule has 5 heteroatoms. The molecule has 0 spiro atoms. The molecule has 0 aliphatic heterocycles. The van der Waals surface area contributed by atoms with E-state index in [1.54, 1.807) is 0 Å². The summed E-state index contributed by atoms with van der Waals surface area (Å²) in [4.78, 5) is 26.3. The van der Waals surface area contributed by atoms with Crippen molar-refractivity contribution in [1.82, 2.24) is 0 Å². The summed E-state index contributed by atoms with van der Waals surface area (Å²) >= 11 is 0. The van der Waals surface area contributed by atoms with Crippen molar-refractivity contribution in [2.24, 2.45) is 11.3 Å². The molecule has 2 aliphatic rings. The number of benzene rings is 1. The van der Waals surface area contributed by atoms with Crippen LogP contribution in [0.15, 0.2) is 12.1 Å². The first-order valence-corrected chi connectivity index (χ1v) is 15.0. The summed E-state index contributed by atoms with van der Waals surface area (Å²) in [5, 5.41) is 0. The van der Waals surface area contributed by atoms with Crippen molar-refractivity contribution in [2.75, 3.05) is 7.11 Å². The fraction of sp³-hybridized carbons (Fsp3) is 0.704. The molecular formula is C27H42O4Si. The van der Waals surface area contributed by atoms with Crippen molar-refractivity contribution in [3.63, 3.8) is 0 Å². The van der Waals surface area contributed by atoms with Crippen LogP contribution in [-0.2, 0) is 14.9 Å². The van der Waals surface area contributed by atoms with E-state index in [0.717, 1.165) is 59.8 Å². The van der Waals surface area contributed by atoms with Gasteiger partial charge in [0, 0.05) is 12.0 Å². The Morgan fingerprint density at radius 2 is 1.75 bits per heavy atom. The lowest BCUT2D eigenvalue weighted by atomic mass is 9.49. The molecule has 4 nitrogen and oxygen atoms in total. The van der Waals surface area contributed by atoms with Crippen molar-refractivity contribution in [1.29, 1.82) is 0 Å². The Kier molecular flexibility index (Phi) is 7.00. The molecule has 0 amide bonds. The molecule has 1 saturated carbocycles. The molecule has 1 aromatic rings. The second-order valence-electron chi connectivity index (χ2n) is 10.8. The zero-order valence-electron chi connectivity index (χ0n) is 21.4. The summed E-state index contributed by atoms with van der Waals surface area (Å²) in [6, 6.07) is 7.54. The van der Waals surface area contributed by atoms with Gasteiger partial charge in [0.15, 0.2) is 5.78 Å². The molecular weight excluding hydrogens is 416 g/mol. The number of hydrogen-bond donors (Lipinski definition) is 0. The minimum absolute atomic E-state index is 0.0560. The molecule has 0 aromatic heterocycles. The van der Waals surface area contributed by atoms with E-state index >= 15 is 0 Å². The van der Waals surface area contributed by atoms with Crippen molar-refractivity contribution >= 4 is 20.1 Å². The molecule has 0 radical (unpaired) electrons. The minimum Gasteiger partial charge on any atom is -0.543 e. The van der Waals surface area contributed by atoms with Crippen LogP contribution < -0.4 is 4.43 Å². The lowest BCUT2D eigenvalue weighted by Gasteiger charge is -2.53. The Hall–Kier alpha value is -1.62. The van der Waals surface area contributed by atoms with Gasteiger partial charge in [-0.1, -0.05) is 48.0 Å². The van der Waals surface area contributed by atoms with E-state index in [9.17, 15) is 9.59 Å². The Bertz CT molecular complexity index is 880. The van der Waals surface area contributed by atoms with Crippen LogP contribution >= 0.6 is 0 Å². The van der Waals surface area contributed by atoms with Crippen molar-refractivity contribution < 1.29 is 18.8 Å². The number of esters is 1. The zero-order valence-corrected chi connectivity index (χ0v) is 22.4. The number of hydrogen-bond acceptors (Lipinski definition) is 4. The maximum Gasteiger partial charge on any atom is 0.311 e. The maximum absolute atomic E-state index is 13.4. The van der Waals surface area contributed by atoms with Crippen molar-refractivity contribution in [3.8, 4) is 5.75 Å². The molecule has 32 heavy (non-hydrogen) atoms. The SMILES string of the molecule is CC[Si](CC)(CC)Oc1cc2c(cc1C(C)C)C(=O)C[C@H]1[C@@](C)(C(=O)OC)CCC[C@]21C. The van der Waals surface area contributed by atoms with Gasteiger partial charge >= 0.3 is 5.97 Å². The summed E-state index contributed by atoms with van der Waals surface area (Å²) < 4.78 is 12.1. The third-order valence-corrected chi connectivity index (χ3v) is 13.4. The predicted octanol–water partition coefficient (Wildman–Crippen LogP) is 7.02. The van der Waals surface area contributed by atoms with E-state index in [2.05, 4.69) is 53.7 Å². The Morgan fingerprint density at radius 3 is 2.28 bits per heavy atom. The maximum atomic E-state index is 13.4. The lowest BCUT2D eigenvalue weighted by molar-refractivity contribution is -0.160. The number of ether oxygens (including phenoxy) is 1. The summed E-state index contributed by atoms with van der Waals surface area (Å²) in [6.07, 6.45) is 3.10. The number of fused-ring (bicyclic) bond motifs is 3. The molecule has 3 atom stereocenters. The fourth-order valence-electron chi connectivity index (χ4n) is 6.46. The number of carbonyl (C=O) groups is 2. The van der Waals surface area contributed by atoms with Crippen LogP contribution in [0.25, 0.3) is 0 Å². The van der Waals surface area contributed by atoms with Crippen molar-refractivity contribution in [2.45, 2.75) is 104 Å². The van der Waals surface area contributed by atoms with Crippen LogP contribution in [0.4, 0.5) is 0 Å². The molecule has 1 fully saturated rings. The van der Waals surface area contributed by atoms with Crippen LogP contribution in [0.3, 0.4) is 0 Å². The number of ketones is 1. The van der Waals surface area contributed by atoms with Gasteiger partial charge in [0.1, 0.15) is 5.75 Å². The Labute approximate surface area is 195 Å². The van der Waals surface area contributed by atoms with E-state index in [1.165, 1.54) is 7.11 Å². The normalized spacial score (nSPS) is 27.7. The molecule has 0 unspecified atom stereocenters. The highest BCUT2D eigenvalue weighted by Crippen LogP contribution is 2.58. The number of rotatable bonds is 7. The highest BCUT2D eigenvalue weighted by atomic mass is 28.4. The van der Waals surface area contributed by atoms with E-state index in [0.29, 0.717) is 6.42 Å². The monoisotopic (exact) mass is 458 g/mol. The molecule has 0 heterocycles. The molecule has 178 valence electrons. The molecule has 3 rings (SSSR count). The standard InChI is InChI=1S/C27H42O4Si/c1-9-32(10-2,11-3)31-23-16-21-20(15-19(23)18(4)5)22(28)17-24-26(21,6)13-12-14-27(24,7)25(29)30-8/h15-16,18,24H,9-14,17H2,1-8H3/t24-,26-,27+/m1/s1. The third kappa shape index (κ3) is 3.84. The Balaban J connectivity index is 2.20. The van der Waals surface area contributed by atoms with Gasteiger partial charge < -0.3 is 9.16 Å². The van der Waals surface area contributed by atoms with E-state index in [1.807, 2.05) is 6.92 Å². The number of Topliss-reactive ketones (excluding diaryl/α,β-unsaturated/α-hetero) is 1. The highest BCUT2D eigenvalue weighted by molar-refractivity contribution is 6.74. The second-order valence-corrected chi connectivity index (χ2v) is 15.5. The summed E-state index contributed by atoms with van der Waals surface area (Å²) in [6.45, 7) is 15.3. The van der Waals surface area contributed by atoms with Crippen LogP contribution in [0.1, 0.15) is 102 Å². The quantitative estimate of drug-likeness (QED) is 0.325. The molecule has 2 aliphatic carbocycles. The highest BCUT2D eigenvalue weighted by Gasteiger charge is 2.57. The third-order valence-electron chi connectivity index (χ3n) is 8.92. The topological polar surface area (TPSA) is 52.6 Å². The van der Waals surface area contributed by atoms with Gasteiger partial charge in [-0.3, -0.25) is 9.59 Å². The van der Waals surface area contributed by atoms with Crippen LogP contribution in [0.2, 0.25) is 18.1 Å². The number of carbonyl (C=O) groups excluding carboxylic acids is 2. The first-order chi connectivity index (χ1) is 15.0. The van der Waals surface area contributed by atoms with Gasteiger partial charge in [-0.2, -0.15) is 0 Å². The van der Waals surface area contributed by atoms with E-state index in [-0.39, 0.29) is 29.0 Å². The predicted molar refractivity (Wildman–Crippen MR) is 132 cm³/mol. The van der Waals surface area contributed by atoms with E-state index < -0.39 is 13.7 Å². The minimum atomic E-state index is -1.88. The summed E-state index contributed by atoms with van der Waals surface area (Å²) in [5.41, 5.74) is 2.18. The molecule has 0 N–H and O–H groups in total. The van der Waals surface area contributed by atoms with Gasteiger partial charge in [0.05, 0.1) is 12.5 Å². The zero-order chi connectivity index (χ0) is 23.9. The molecule has 1 aromatic carbocycles. The largest absolute Gasteiger partial charge is 0.543 e. The lowest BCUT2D eigenvalue weighted by Crippen LogP contribution is -2.53. The first kappa shape index (κ1) is 25.0. The van der Waals surface area contributed by atoms with Gasteiger partial charge in [-0.15, -0.1) is 0 Å². The van der Waals surface area contributed by atoms with E-state index in [4.69, 9.17) is 9.16 Å². The smallest absolute Gasteiger partial charge is 0.311 e. The second kappa shape index (κ2) is 8.96. The van der Waals surface area contributed by atoms with Crippen LogP contribution in [0, 0.1) is 11.3 Å². The average molecular weight is 459 g/mol. The van der Waals surface area contributed by atoms with Gasteiger partial charge in [0.25, 0.3) is 0 Å². The molecule has 0 bridgehead atoms. The number of methoxy groups -OCH3 is 1. The fourth-order valence-corrected chi connectivity index (χ4v) is 9.04. The first-order valence-electron chi connectivity index (χ1n) is 12.5. The average Bonchev–Trinajstić information content (AvgIpc) is 2.78. The molecule has 0 saturated heterocycles. The summed E-state index contributed by atoms with van der Waals surface area (Å²) in [5.74, 6) is 1.15. The Morgan fingerprint density at radius 1 is 1.12 bits per heavy atom. The summed E-state index contributed by atoms with van der Waals surface area (Å²) in [7, 11) is -0.415. The van der Waals surface area contributed by atoms with Crippen LogP contribution in [-0.4, -0.2) is 27.2 Å². The van der Waals surface area contributed by atoms with Crippen molar-refractivity contribution in [3.05, 3.63) is 28.8 Å². The van der Waals surface area contributed by atoms with Gasteiger partial charge in [-0.05, 0) is 78.4 Å².